The molecule has 0 fully saturated rings. The third-order valence-electron chi connectivity index (χ3n) is 2.46. The zero-order valence-electron chi connectivity index (χ0n) is 11.3. The number of hydrogen-bond donors (Lipinski definition) is 2. The zero-order valence-corrected chi connectivity index (χ0v) is 12.9. The molecule has 7 heteroatoms. The van der Waals surface area contributed by atoms with Crippen molar-refractivity contribution < 1.29 is 0 Å². The van der Waals surface area contributed by atoms with Crippen LogP contribution in [0.2, 0.25) is 0 Å². The molecule has 3 N–H and O–H groups in total. The molecule has 106 valence electrons. The molecular formula is C12H20BrN5O. The van der Waals surface area contributed by atoms with E-state index in [1.54, 1.807) is 6.20 Å². The molecular weight excluding hydrogens is 310 g/mol. The van der Waals surface area contributed by atoms with E-state index in [9.17, 15) is 4.79 Å². The normalized spacial score (nSPS) is 11.4. The Morgan fingerprint density at radius 1 is 1.53 bits per heavy atom. The first-order chi connectivity index (χ1) is 9.06. The maximum atomic E-state index is 12.0. The van der Waals surface area contributed by atoms with E-state index in [-0.39, 0.29) is 5.56 Å². The maximum absolute atomic E-state index is 12.0. The number of halogens is 1. The van der Waals surface area contributed by atoms with Crippen molar-refractivity contribution >= 4 is 21.6 Å². The van der Waals surface area contributed by atoms with Gasteiger partial charge in [-0.1, -0.05) is 12.2 Å². The van der Waals surface area contributed by atoms with Gasteiger partial charge in [0.05, 0.1) is 18.4 Å². The highest BCUT2D eigenvalue weighted by atomic mass is 79.9. The van der Waals surface area contributed by atoms with Crippen molar-refractivity contribution in [2.75, 3.05) is 39.0 Å². The molecule has 0 bridgehead atoms. The van der Waals surface area contributed by atoms with Gasteiger partial charge in [-0.25, -0.2) is 4.68 Å². The summed E-state index contributed by atoms with van der Waals surface area (Å²) >= 11 is 3.31. The van der Waals surface area contributed by atoms with Crippen LogP contribution in [0.3, 0.4) is 0 Å². The quantitative estimate of drug-likeness (QED) is 0.712. The average molecular weight is 330 g/mol. The topological polar surface area (TPSA) is 76.2 Å². The first-order valence-corrected chi connectivity index (χ1v) is 6.85. The summed E-state index contributed by atoms with van der Waals surface area (Å²) in [6, 6.07) is 0. The standard InChI is InChI=1S/C12H20BrN5O/c1-17(2)7-8-18-12(19)11(13)10(9-16-18)15-6-4-3-5-14/h3-4,9,15H,5-8,14H2,1-2H3/b4-3+. The van der Waals surface area contributed by atoms with Gasteiger partial charge in [-0.3, -0.25) is 4.79 Å². The highest BCUT2D eigenvalue weighted by Gasteiger charge is 2.08. The first kappa shape index (κ1) is 15.9. The fourth-order valence-corrected chi connectivity index (χ4v) is 1.84. The fourth-order valence-electron chi connectivity index (χ4n) is 1.39. The van der Waals surface area contributed by atoms with Gasteiger partial charge >= 0.3 is 0 Å². The first-order valence-electron chi connectivity index (χ1n) is 6.05. The summed E-state index contributed by atoms with van der Waals surface area (Å²) in [5.41, 5.74) is 5.90. The molecule has 0 aromatic carbocycles. The summed E-state index contributed by atoms with van der Waals surface area (Å²) < 4.78 is 1.95. The highest BCUT2D eigenvalue weighted by molar-refractivity contribution is 9.10. The van der Waals surface area contributed by atoms with Crippen LogP contribution < -0.4 is 16.6 Å². The molecule has 0 aliphatic rings. The van der Waals surface area contributed by atoms with Gasteiger partial charge in [-0.15, -0.1) is 0 Å². The summed E-state index contributed by atoms with van der Waals surface area (Å²) in [6.45, 7) is 2.45. The lowest BCUT2D eigenvalue weighted by atomic mass is 10.4. The minimum atomic E-state index is -0.130. The lowest BCUT2D eigenvalue weighted by Crippen LogP contribution is -2.29. The molecule has 0 spiro atoms. The Hall–Kier alpha value is -1.18. The average Bonchev–Trinajstić information content (AvgIpc) is 2.38. The van der Waals surface area contributed by atoms with Gasteiger partial charge in [0.1, 0.15) is 4.47 Å². The number of aromatic nitrogens is 2. The van der Waals surface area contributed by atoms with Crippen molar-refractivity contribution in [3.05, 3.63) is 33.2 Å². The van der Waals surface area contributed by atoms with E-state index in [1.165, 1.54) is 4.68 Å². The van der Waals surface area contributed by atoms with Crippen LogP contribution >= 0.6 is 15.9 Å². The van der Waals surface area contributed by atoms with Gasteiger partial charge in [-0.05, 0) is 30.0 Å². The number of hydrogen-bond acceptors (Lipinski definition) is 5. The second kappa shape index (κ2) is 8.08. The molecule has 1 heterocycles. The molecule has 0 atom stereocenters. The third kappa shape index (κ3) is 5.14. The number of nitrogens with two attached hydrogens (primary N) is 1. The molecule has 0 saturated heterocycles. The summed E-state index contributed by atoms with van der Waals surface area (Å²) in [5.74, 6) is 0. The monoisotopic (exact) mass is 329 g/mol. The molecule has 0 saturated carbocycles. The van der Waals surface area contributed by atoms with E-state index in [0.29, 0.717) is 29.8 Å². The predicted octanol–water partition coefficient (Wildman–Crippen LogP) is 0.494. The Labute approximate surface area is 121 Å². The largest absolute Gasteiger partial charge is 0.379 e. The van der Waals surface area contributed by atoms with Crippen LogP contribution in [0, 0.1) is 0 Å². The molecule has 1 aromatic heterocycles. The number of rotatable bonds is 7. The number of likely N-dealkylation sites (N-methyl/N-ethyl adjacent to an activating group) is 1. The zero-order chi connectivity index (χ0) is 14.3. The molecule has 0 amide bonds. The van der Waals surface area contributed by atoms with Gasteiger partial charge in [-0.2, -0.15) is 5.10 Å². The molecule has 0 radical (unpaired) electrons. The lowest BCUT2D eigenvalue weighted by molar-refractivity contribution is 0.367. The Morgan fingerprint density at radius 3 is 2.89 bits per heavy atom. The van der Waals surface area contributed by atoms with Crippen molar-refractivity contribution in [2.45, 2.75) is 6.54 Å². The van der Waals surface area contributed by atoms with E-state index < -0.39 is 0 Å². The summed E-state index contributed by atoms with van der Waals surface area (Å²) in [4.78, 5) is 14.1. The Balaban J connectivity index is 2.74. The third-order valence-corrected chi connectivity index (χ3v) is 3.22. The van der Waals surface area contributed by atoms with E-state index in [0.717, 1.165) is 6.54 Å². The second-order valence-electron chi connectivity index (χ2n) is 4.29. The van der Waals surface area contributed by atoms with Crippen LogP contribution in [-0.2, 0) is 6.54 Å². The molecule has 6 nitrogen and oxygen atoms in total. The summed E-state index contributed by atoms with van der Waals surface area (Å²) in [5, 5.41) is 7.25. The maximum Gasteiger partial charge on any atom is 0.283 e. The van der Waals surface area contributed by atoms with Gasteiger partial charge in [0.15, 0.2) is 0 Å². The summed E-state index contributed by atoms with van der Waals surface area (Å²) in [7, 11) is 3.92. The number of nitrogens with one attached hydrogen (secondary N) is 1. The van der Waals surface area contributed by atoms with Crippen LogP contribution in [0.1, 0.15) is 0 Å². The van der Waals surface area contributed by atoms with Crippen LogP contribution in [0.15, 0.2) is 27.6 Å². The smallest absolute Gasteiger partial charge is 0.283 e. The highest BCUT2D eigenvalue weighted by Crippen LogP contribution is 2.15. The Morgan fingerprint density at radius 2 is 2.26 bits per heavy atom. The van der Waals surface area contributed by atoms with Crippen LogP contribution in [0.4, 0.5) is 5.69 Å². The molecule has 1 rings (SSSR count). The van der Waals surface area contributed by atoms with Crippen LogP contribution in [0.25, 0.3) is 0 Å². The van der Waals surface area contributed by atoms with Gasteiger partial charge in [0.25, 0.3) is 5.56 Å². The summed E-state index contributed by atoms with van der Waals surface area (Å²) in [6.07, 6.45) is 5.41. The van der Waals surface area contributed by atoms with Gasteiger partial charge in [0.2, 0.25) is 0 Å². The fraction of sp³-hybridized carbons (Fsp3) is 0.500. The minimum absolute atomic E-state index is 0.130. The molecule has 1 aromatic rings. The minimum Gasteiger partial charge on any atom is -0.379 e. The Kier molecular flexibility index (Phi) is 6.75. The van der Waals surface area contributed by atoms with E-state index in [4.69, 9.17) is 5.73 Å². The van der Waals surface area contributed by atoms with Crippen molar-refractivity contribution in [3.63, 3.8) is 0 Å². The Bertz CT molecular complexity index is 483. The molecule has 0 aliphatic carbocycles. The van der Waals surface area contributed by atoms with Crippen molar-refractivity contribution in [3.8, 4) is 0 Å². The van der Waals surface area contributed by atoms with Crippen molar-refractivity contribution in [1.29, 1.82) is 0 Å². The van der Waals surface area contributed by atoms with Crippen LogP contribution in [-0.4, -0.2) is 48.4 Å². The molecule has 0 unspecified atom stereocenters. The van der Waals surface area contributed by atoms with Gasteiger partial charge in [0, 0.05) is 19.6 Å². The van der Waals surface area contributed by atoms with E-state index in [1.807, 2.05) is 31.1 Å². The second-order valence-corrected chi connectivity index (χ2v) is 5.08. The number of anilines is 1. The van der Waals surface area contributed by atoms with Crippen LogP contribution in [0.5, 0.6) is 0 Å². The predicted molar refractivity (Wildman–Crippen MR) is 81.4 cm³/mol. The van der Waals surface area contributed by atoms with E-state index in [2.05, 4.69) is 26.3 Å². The van der Waals surface area contributed by atoms with Crippen molar-refractivity contribution in [2.24, 2.45) is 5.73 Å². The molecule has 0 aliphatic heterocycles. The van der Waals surface area contributed by atoms with Gasteiger partial charge < -0.3 is 16.0 Å². The SMILES string of the molecule is CN(C)CCn1ncc(NC/C=C/CN)c(Br)c1=O. The van der Waals surface area contributed by atoms with Crippen molar-refractivity contribution in [1.82, 2.24) is 14.7 Å². The molecule has 19 heavy (non-hydrogen) atoms. The van der Waals surface area contributed by atoms with E-state index >= 15 is 0 Å². The number of nitrogens with zero attached hydrogens (tertiary/aromatic N) is 3. The lowest BCUT2D eigenvalue weighted by Gasteiger charge is -2.12.